The molecule has 0 aromatic heterocycles. The highest BCUT2D eigenvalue weighted by Crippen LogP contribution is 2.13. The second kappa shape index (κ2) is 15.6. The number of ether oxygens (including phenoxy) is 4. The van der Waals surface area contributed by atoms with Crippen LogP contribution in [0.1, 0.15) is 38.5 Å². The van der Waals surface area contributed by atoms with Crippen LogP contribution in [0.4, 0.5) is 0 Å². The standard InChI is InChI=1S/C24H26O4/c1(3-5-7-9-13-19-25-23-17-11-15-21-27-23)2-4-6-8-10-14-20-26-24-18-12-16-22-28-24/h5-8,23-24H,11-12,15-22H2/b7-5-,8-6-. The molecule has 4 nitrogen and oxygen atoms in total. The molecule has 2 aliphatic heterocycles. The first kappa shape index (κ1) is 21.9. The molecule has 2 saturated heterocycles. The van der Waals surface area contributed by atoms with Gasteiger partial charge in [-0.25, -0.2) is 0 Å². The summed E-state index contributed by atoms with van der Waals surface area (Å²) in [4.78, 5) is 0. The van der Waals surface area contributed by atoms with Gasteiger partial charge in [-0.1, -0.05) is 35.5 Å². The van der Waals surface area contributed by atoms with Crippen LogP contribution < -0.4 is 0 Å². The molecule has 0 aromatic rings. The maximum absolute atomic E-state index is 5.50. The summed E-state index contributed by atoms with van der Waals surface area (Å²) in [5, 5.41) is 0. The topological polar surface area (TPSA) is 36.9 Å². The van der Waals surface area contributed by atoms with E-state index in [0.717, 1.165) is 51.7 Å². The van der Waals surface area contributed by atoms with Crippen LogP contribution in [-0.2, 0) is 18.9 Å². The Morgan fingerprint density at radius 2 is 1.11 bits per heavy atom. The molecule has 0 radical (unpaired) electrons. The number of hydrogen-bond donors (Lipinski definition) is 0. The summed E-state index contributed by atoms with van der Waals surface area (Å²) in [5.41, 5.74) is 0. The van der Waals surface area contributed by atoms with E-state index in [2.05, 4.69) is 47.4 Å². The molecule has 28 heavy (non-hydrogen) atoms. The van der Waals surface area contributed by atoms with Gasteiger partial charge in [0.15, 0.2) is 12.6 Å². The minimum atomic E-state index is -0.0988. The van der Waals surface area contributed by atoms with Gasteiger partial charge in [0.05, 0.1) is 0 Å². The van der Waals surface area contributed by atoms with Crippen LogP contribution in [0.25, 0.3) is 0 Å². The Bertz CT molecular complexity index is 671. The number of hydrogen-bond acceptors (Lipinski definition) is 4. The van der Waals surface area contributed by atoms with Crippen molar-refractivity contribution in [1.29, 1.82) is 0 Å². The zero-order chi connectivity index (χ0) is 19.5. The fourth-order valence-electron chi connectivity index (χ4n) is 2.48. The first-order valence-electron chi connectivity index (χ1n) is 9.69. The predicted octanol–water partition coefficient (Wildman–Crippen LogP) is 3.20. The van der Waals surface area contributed by atoms with Gasteiger partial charge >= 0.3 is 0 Å². The van der Waals surface area contributed by atoms with E-state index in [1.165, 1.54) is 0 Å². The average Bonchev–Trinajstić information content (AvgIpc) is 2.75. The van der Waals surface area contributed by atoms with Crippen molar-refractivity contribution in [3.05, 3.63) is 24.3 Å². The van der Waals surface area contributed by atoms with Crippen molar-refractivity contribution in [3.8, 4) is 47.4 Å². The van der Waals surface area contributed by atoms with Crippen LogP contribution in [0.5, 0.6) is 0 Å². The molecular weight excluding hydrogens is 352 g/mol. The highest BCUT2D eigenvalue weighted by molar-refractivity contribution is 5.36. The van der Waals surface area contributed by atoms with Gasteiger partial charge in [0.1, 0.15) is 13.2 Å². The lowest BCUT2D eigenvalue weighted by atomic mass is 10.2. The maximum Gasteiger partial charge on any atom is 0.158 e. The summed E-state index contributed by atoms with van der Waals surface area (Å²) in [5.74, 6) is 22.6. The monoisotopic (exact) mass is 378 g/mol. The average molecular weight is 378 g/mol. The van der Waals surface area contributed by atoms with Crippen LogP contribution in [0, 0.1) is 47.4 Å². The van der Waals surface area contributed by atoms with Gasteiger partial charge in [-0.2, -0.15) is 0 Å². The van der Waals surface area contributed by atoms with Crippen LogP contribution >= 0.6 is 0 Å². The molecular formula is C24H26O4. The molecule has 2 aliphatic rings. The Morgan fingerprint density at radius 3 is 1.54 bits per heavy atom. The highest BCUT2D eigenvalue weighted by Gasteiger charge is 2.13. The third-order valence-corrected chi connectivity index (χ3v) is 3.87. The second-order valence-electron chi connectivity index (χ2n) is 6.06. The molecule has 4 heteroatoms. The largest absolute Gasteiger partial charge is 0.353 e. The van der Waals surface area contributed by atoms with Gasteiger partial charge in [-0.3, -0.25) is 0 Å². The van der Waals surface area contributed by atoms with Gasteiger partial charge < -0.3 is 18.9 Å². The molecule has 0 bridgehead atoms. The Hall–Kier alpha value is -2.44. The molecule has 2 heterocycles. The lowest BCUT2D eigenvalue weighted by Gasteiger charge is -2.21. The molecule has 0 saturated carbocycles. The van der Waals surface area contributed by atoms with Gasteiger partial charge in [0.25, 0.3) is 0 Å². The summed E-state index contributed by atoms with van der Waals surface area (Å²) in [7, 11) is 0. The van der Waals surface area contributed by atoms with Crippen molar-refractivity contribution in [2.45, 2.75) is 51.1 Å². The summed E-state index contributed by atoms with van der Waals surface area (Å²) >= 11 is 0. The van der Waals surface area contributed by atoms with E-state index in [4.69, 9.17) is 18.9 Å². The third kappa shape index (κ3) is 11.3. The smallest absolute Gasteiger partial charge is 0.158 e. The van der Waals surface area contributed by atoms with E-state index in [1.54, 1.807) is 24.3 Å². The lowest BCUT2D eigenvalue weighted by molar-refractivity contribution is -0.154. The van der Waals surface area contributed by atoms with Crippen molar-refractivity contribution in [2.24, 2.45) is 0 Å². The first-order chi connectivity index (χ1) is 13.9. The Kier molecular flexibility index (Phi) is 12.2. The molecule has 2 rings (SSSR count). The normalized spacial score (nSPS) is 21.4. The van der Waals surface area contributed by atoms with E-state index in [-0.39, 0.29) is 12.6 Å². The predicted molar refractivity (Wildman–Crippen MR) is 108 cm³/mol. The summed E-state index contributed by atoms with van der Waals surface area (Å²) in [6.45, 7) is 2.29. The first-order valence-corrected chi connectivity index (χ1v) is 9.69. The van der Waals surface area contributed by atoms with E-state index >= 15 is 0 Å². The van der Waals surface area contributed by atoms with E-state index in [1.807, 2.05) is 0 Å². The van der Waals surface area contributed by atoms with Crippen LogP contribution in [0.3, 0.4) is 0 Å². The molecule has 2 unspecified atom stereocenters. The molecule has 2 atom stereocenters. The van der Waals surface area contributed by atoms with E-state index in [9.17, 15) is 0 Å². The maximum atomic E-state index is 5.50. The zero-order valence-electron chi connectivity index (χ0n) is 16.2. The van der Waals surface area contributed by atoms with Gasteiger partial charge in [0.2, 0.25) is 0 Å². The van der Waals surface area contributed by atoms with Crippen LogP contribution in [0.2, 0.25) is 0 Å². The zero-order valence-corrected chi connectivity index (χ0v) is 16.2. The quantitative estimate of drug-likeness (QED) is 0.704. The third-order valence-electron chi connectivity index (χ3n) is 3.87. The van der Waals surface area contributed by atoms with Crippen molar-refractivity contribution in [3.63, 3.8) is 0 Å². The molecule has 146 valence electrons. The Balaban J connectivity index is 1.52. The van der Waals surface area contributed by atoms with E-state index in [0.29, 0.717) is 13.2 Å². The molecule has 0 aliphatic carbocycles. The van der Waals surface area contributed by atoms with E-state index < -0.39 is 0 Å². The number of rotatable bonds is 4. The molecule has 0 amide bonds. The summed E-state index contributed by atoms with van der Waals surface area (Å²) in [6, 6.07) is 0. The number of allylic oxidation sites excluding steroid dienone is 4. The molecule has 0 spiro atoms. The summed E-state index contributed by atoms with van der Waals surface area (Å²) < 4.78 is 21.9. The highest BCUT2D eigenvalue weighted by atomic mass is 16.7. The van der Waals surface area contributed by atoms with Crippen molar-refractivity contribution in [1.82, 2.24) is 0 Å². The van der Waals surface area contributed by atoms with Gasteiger partial charge in [-0.05, 0) is 74.7 Å². The molecule has 0 N–H and O–H groups in total. The molecule has 2 fully saturated rings. The van der Waals surface area contributed by atoms with Gasteiger partial charge in [0, 0.05) is 13.2 Å². The SMILES string of the molecule is C(C#C/C=C\C#CCOC1CCCCO1)#C/C=C\C#CCOC1CCCCO1. The minimum absolute atomic E-state index is 0.0988. The van der Waals surface area contributed by atoms with Crippen LogP contribution in [-0.4, -0.2) is 39.0 Å². The Morgan fingerprint density at radius 1 is 0.643 bits per heavy atom. The summed E-state index contributed by atoms with van der Waals surface area (Å²) in [6.07, 6.45) is 12.9. The second-order valence-corrected chi connectivity index (χ2v) is 6.06. The van der Waals surface area contributed by atoms with Crippen molar-refractivity contribution in [2.75, 3.05) is 26.4 Å². The van der Waals surface area contributed by atoms with Gasteiger partial charge in [-0.15, -0.1) is 0 Å². The van der Waals surface area contributed by atoms with Crippen molar-refractivity contribution >= 4 is 0 Å². The minimum Gasteiger partial charge on any atom is -0.353 e. The fourth-order valence-corrected chi connectivity index (χ4v) is 2.48. The van der Waals surface area contributed by atoms with Crippen LogP contribution in [0.15, 0.2) is 24.3 Å². The Labute approximate surface area is 168 Å². The fraction of sp³-hybridized carbons (Fsp3) is 0.500. The molecule has 0 aromatic carbocycles. The van der Waals surface area contributed by atoms with Crippen molar-refractivity contribution < 1.29 is 18.9 Å². The lowest BCUT2D eigenvalue weighted by Crippen LogP contribution is -2.22.